The molecule has 0 saturated carbocycles. The van der Waals surface area contributed by atoms with Crippen molar-refractivity contribution in [1.29, 1.82) is 0 Å². The molecule has 0 spiro atoms. The number of aryl methyl sites for hydroxylation is 2. The average Bonchev–Trinajstić information content (AvgIpc) is 2.43. The van der Waals surface area contributed by atoms with Crippen LogP contribution in [-0.4, -0.2) is 10.9 Å². The SMILES string of the molecule is Cc1cc(C)cc(Oc2cc(CNC(=O)C(C)(C)C)ccn2)c1. The van der Waals surface area contributed by atoms with E-state index in [0.29, 0.717) is 12.4 Å². The van der Waals surface area contributed by atoms with Crippen LogP contribution in [0.2, 0.25) is 0 Å². The predicted octanol–water partition coefficient (Wildman–Crippen LogP) is 4.15. The summed E-state index contributed by atoms with van der Waals surface area (Å²) in [5.74, 6) is 1.31. The normalized spacial score (nSPS) is 11.2. The maximum Gasteiger partial charge on any atom is 0.225 e. The van der Waals surface area contributed by atoms with Crippen LogP contribution in [-0.2, 0) is 11.3 Å². The molecule has 0 aliphatic carbocycles. The van der Waals surface area contributed by atoms with E-state index in [9.17, 15) is 4.79 Å². The predicted molar refractivity (Wildman–Crippen MR) is 91.5 cm³/mol. The first-order valence-electron chi connectivity index (χ1n) is 7.73. The molecule has 2 aromatic rings. The third-order valence-corrected chi connectivity index (χ3v) is 3.35. The highest BCUT2D eigenvalue weighted by atomic mass is 16.5. The van der Waals surface area contributed by atoms with Gasteiger partial charge in [0.25, 0.3) is 0 Å². The second kappa shape index (κ2) is 6.82. The molecule has 0 fully saturated rings. The Bertz CT molecular complexity index is 683. The second-order valence-corrected chi connectivity index (χ2v) is 6.86. The van der Waals surface area contributed by atoms with Crippen LogP contribution < -0.4 is 10.1 Å². The molecule has 1 aromatic carbocycles. The molecule has 0 unspecified atom stereocenters. The summed E-state index contributed by atoms with van der Waals surface area (Å²) in [6, 6.07) is 9.77. The topological polar surface area (TPSA) is 51.2 Å². The highest BCUT2D eigenvalue weighted by Crippen LogP contribution is 2.23. The third kappa shape index (κ3) is 5.09. The Morgan fingerprint density at radius 1 is 1.13 bits per heavy atom. The number of pyridine rings is 1. The number of ether oxygens (including phenoxy) is 1. The van der Waals surface area contributed by atoms with Crippen molar-refractivity contribution in [1.82, 2.24) is 10.3 Å². The first kappa shape index (κ1) is 17.0. The van der Waals surface area contributed by atoms with Crippen molar-refractivity contribution in [3.05, 3.63) is 53.2 Å². The fraction of sp³-hybridized carbons (Fsp3) is 0.368. The van der Waals surface area contributed by atoms with Crippen molar-refractivity contribution in [3.8, 4) is 11.6 Å². The van der Waals surface area contributed by atoms with Gasteiger partial charge in [0.1, 0.15) is 5.75 Å². The molecule has 1 N–H and O–H groups in total. The molecule has 2 rings (SSSR count). The standard InChI is InChI=1S/C19H24N2O2/c1-13-8-14(2)10-16(9-13)23-17-11-15(6-7-20-17)12-21-18(22)19(3,4)5/h6-11H,12H2,1-5H3,(H,21,22). The lowest BCUT2D eigenvalue weighted by molar-refractivity contribution is -0.128. The summed E-state index contributed by atoms with van der Waals surface area (Å²) in [6.45, 7) is 10.2. The molecule has 0 atom stereocenters. The first-order valence-corrected chi connectivity index (χ1v) is 7.73. The Labute approximate surface area is 137 Å². The van der Waals surface area contributed by atoms with Crippen molar-refractivity contribution in [2.45, 2.75) is 41.2 Å². The molecular formula is C19H24N2O2. The monoisotopic (exact) mass is 312 g/mol. The molecule has 0 aliphatic heterocycles. The Hall–Kier alpha value is -2.36. The fourth-order valence-corrected chi connectivity index (χ4v) is 2.18. The number of benzene rings is 1. The van der Waals surface area contributed by atoms with Gasteiger partial charge in [0.2, 0.25) is 11.8 Å². The van der Waals surface area contributed by atoms with E-state index in [1.54, 1.807) is 6.20 Å². The summed E-state index contributed by atoms with van der Waals surface area (Å²) >= 11 is 0. The van der Waals surface area contributed by atoms with Crippen LogP contribution in [0.4, 0.5) is 0 Å². The van der Waals surface area contributed by atoms with Gasteiger partial charge in [-0.05, 0) is 48.7 Å². The molecule has 0 aliphatic rings. The Morgan fingerprint density at radius 2 is 1.78 bits per heavy atom. The third-order valence-electron chi connectivity index (χ3n) is 3.35. The number of hydrogen-bond donors (Lipinski definition) is 1. The molecule has 4 nitrogen and oxygen atoms in total. The number of amides is 1. The highest BCUT2D eigenvalue weighted by Gasteiger charge is 2.20. The van der Waals surface area contributed by atoms with E-state index in [0.717, 1.165) is 22.4 Å². The number of aromatic nitrogens is 1. The molecule has 1 amide bonds. The number of nitrogens with one attached hydrogen (secondary N) is 1. The van der Waals surface area contributed by atoms with Gasteiger partial charge in [0.15, 0.2) is 0 Å². The van der Waals surface area contributed by atoms with Crippen LogP contribution in [0.5, 0.6) is 11.6 Å². The minimum atomic E-state index is -0.397. The number of carbonyl (C=O) groups excluding carboxylic acids is 1. The van der Waals surface area contributed by atoms with Gasteiger partial charge in [-0.1, -0.05) is 26.8 Å². The van der Waals surface area contributed by atoms with Crippen molar-refractivity contribution < 1.29 is 9.53 Å². The molecule has 4 heteroatoms. The number of nitrogens with zero attached hydrogens (tertiary/aromatic N) is 1. The van der Waals surface area contributed by atoms with Crippen LogP contribution >= 0.6 is 0 Å². The van der Waals surface area contributed by atoms with E-state index in [-0.39, 0.29) is 5.91 Å². The average molecular weight is 312 g/mol. The van der Waals surface area contributed by atoms with Crippen LogP contribution in [0.3, 0.4) is 0 Å². The zero-order valence-electron chi connectivity index (χ0n) is 14.4. The minimum Gasteiger partial charge on any atom is -0.439 e. The van der Waals surface area contributed by atoms with Crippen LogP contribution in [0.25, 0.3) is 0 Å². The van der Waals surface area contributed by atoms with Crippen LogP contribution in [0.1, 0.15) is 37.5 Å². The lowest BCUT2D eigenvalue weighted by Gasteiger charge is -2.17. The summed E-state index contributed by atoms with van der Waals surface area (Å²) in [4.78, 5) is 16.2. The zero-order chi connectivity index (χ0) is 17.0. The van der Waals surface area contributed by atoms with E-state index in [1.807, 2.05) is 58.9 Å². The van der Waals surface area contributed by atoms with Crippen LogP contribution in [0.15, 0.2) is 36.5 Å². The molecule has 0 saturated heterocycles. The highest BCUT2D eigenvalue weighted by molar-refractivity contribution is 5.81. The summed E-state index contributed by atoms with van der Waals surface area (Å²) in [6.07, 6.45) is 1.69. The van der Waals surface area contributed by atoms with Gasteiger partial charge in [-0.25, -0.2) is 4.98 Å². The first-order chi connectivity index (χ1) is 10.7. The van der Waals surface area contributed by atoms with E-state index >= 15 is 0 Å². The molecule has 0 radical (unpaired) electrons. The Morgan fingerprint density at radius 3 is 2.39 bits per heavy atom. The van der Waals surface area contributed by atoms with Crippen molar-refractivity contribution in [3.63, 3.8) is 0 Å². The molecule has 122 valence electrons. The summed E-state index contributed by atoms with van der Waals surface area (Å²) in [5, 5.41) is 2.93. The van der Waals surface area contributed by atoms with Gasteiger partial charge in [-0.15, -0.1) is 0 Å². The Balaban J connectivity index is 2.06. The van der Waals surface area contributed by atoms with Crippen molar-refractivity contribution >= 4 is 5.91 Å². The molecule has 0 bridgehead atoms. The Kier molecular flexibility index (Phi) is 5.04. The van der Waals surface area contributed by atoms with Crippen molar-refractivity contribution in [2.75, 3.05) is 0 Å². The number of carbonyl (C=O) groups is 1. The lowest BCUT2D eigenvalue weighted by Crippen LogP contribution is -2.34. The maximum atomic E-state index is 11.9. The van der Waals surface area contributed by atoms with Gasteiger partial charge in [-0.2, -0.15) is 0 Å². The zero-order valence-corrected chi connectivity index (χ0v) is 14.4. The largest absolute Gasteiger partial charge is 0.439 e. The van der Waals surface area contributed by atoms with Gasteiger partial charge in [-0.3, -0.25) is 4.79 Å². The van der Waals surface area contributed by atoms with E-state index < -0.39 is 5.41 Å². The van der Waals surface area contributed by atoms with E-state index in [4.69, 9.17) is 4.74 Å². The molecule has 23 heavy (non-hydrogen) atoms. The summed E-state index contributed by atoms with van der Waals surface area (Å²) in [7, 11) is 0. The number of hydrogen-bond acceptors (Lipinski definition) is 3. The van der Waals surface area contributed by atoms with E-state index in [2.05, 4.69) is 16.4 Å². The smallest absolute Gasteiger partial charge is 0.225 e. The molecular weight excluding hydrogens is 288 g/mol. The lowest BCUT2D eigenvalue weighted by atomic mass is 9.95. The second-order valence-electron chi connectivity index (χ2n) is 6.86. The fourth-order valence-electron chi connectivity index (χ4n) is 2.18. The van der Waals surface area contributed by atoms with Crippen molar-refractivity contribution in [2.24, 2.45) is 5.41 Å². The summed E-state index contributed by atoms with van der Waals surface area (Å²) in [5.41, 5.74) is 2.85. The van der Waals surface area contributed by atoms with E-state index in [1.165, 1.54) is 0 Å². The van der Waals surface area contributed by atoms with Gasteiger partial charge in [0, 0.05) is 24.2 Å². The minimum absolute atomic E-state index is 0.0195. The maximum absolute atomic E-state index is 11.9. The molecule has 1 heterocycles. The van der Waals surface area contributed by atoms with Crippen LogP contribution in [0, 0.1) is 19.3 Å². The van der Waals surface area contributed by atoms with Gasteiger partial charge >= 0.3 is 0 Å². The molecule has 1 aromatic heterocycles. The number of rotatable bonds is 4. The quantitative estimate of drug-likeness (QED) is 0.922. The van der Waals surface area contributed by atoms with Gasteiger partial charge < -0.3 is 10.1 Å². The summed E-state index contributed by atoms with van der Waals surface area (Å²) < 4.78 is 5.83. The van der Waals surface area contributed by atoms with Gasteiger partial charge in [0.05, 0.1) is 0 Å².